The van der Waals surface area contributed by atoms with Gasteiger partial charge in [-0.3, -0.25) is 4.98 Å². The summed E-state index contributed by atoms with van der Waals surface area (Å²) in [6.45, 7) is 2.01. The van der Waals surface area contributed by atoms with Crippen LogP contribution in [-0.2, 0) is 0 Å². The number of methoxy groups -OCH3 is 1. The van der Waals surface area contributed by atoms with Crippen molar-refractivity contribution in [3.8, 4) is 23.0 Å². The molecule has 4 rings (SSSR count). The Morgan fingerprint density at radius 1 is 1.04 bits per heavy atom. The van der Waals surface area contributed by atoms with Crippen LogP contribution in [0.15, 0.2) is 36.5 Å². The average Bonchev–Trinajstić information content (AvgIpc) is 3.34. The maximum Gasteiger partial charge on any atom is 0.198 e. The molecule has 1 heterocycles. The molecule has 0 amide bonds. The predicted octanol–water partition coefficient (Wildman–Crippen LogP) is 4.83. The van der Waals surface area contributed by atoms with E-state index in [1.54, 1.807) is 19.2 Å². The van der Waals surface area contributed by atoms with Gasteiger partial charge in [-0.05, 0) is 31.9 Å². The number of nitrogen functional groups attached to an aromatic ring is 1. The van der Waals surface area contributed by atoms with Gasteiger partial charge in [-0.1, -0.05) is 0 Å². The second-order valence-electron chi connectivity index (χ2n) is 6.80. The number of benzene rings is 2. The first-order valence-corrected chi connectivity index (χ1v) is 8.47. The third kappa shape index (κ3) is 3.32. The van der Waals surface area contributed by atoms with Crippen molar-refractivity contribution < 1.29 is 23.0 Å². The number of ether oxygens (including phenoxy) is 3. The average molecular weight is 372 g/mol. The van der Waals surface area contributed by atoms with E-state index in [0.717, 1.165) is 25.0 Å². The lowest BCUT2D eigenvalue weighted by Gasteiger charge is -2.17. The summed E-state index contributed by atoms with van der Waals surface area (Å²) in [7, 11) is 1.54. The molecular formula is C20H18F2N2O3. The van der Waals surface area contributed by atoms with Crippen LogP contribution in [0, 0.1) is 11.6 Å². The molecule has 1 aromatic heterocycles. The number of hydrogen-bond acceptors (Lipinski definition) is 5. The number of fused-ring (bicyclic) bond motifs is 1. The van der Waals surface area contributed by atoms with Crippen molar-refractivity contribution in [2.24, 2.45) is 0 Å². The van der Waals surface area contributed by atoms with E-state index in [1.165, 1.54) is 12.3 Å². The van der Waals surface area contributed by atoms with Gasteiger partial charge in [0.25, 0.3) is 0 Å². The van der Waals surface area contributed by atoms with Crippen LogP contribution in [0.3, 0.4) is 0 Å². The first-order valence-electron chi connectivity index (χ1n) is 8.47. The van der Waals surface area contributed by atoms with Crippen LogP contribution in [0.2, 0.25) is 0 Å². The van der Waals surface area contributed by atoms with E-state index < -0.39 is 17.4 Å². The molecule has 1 saturated carbocycles. The summed E-state index contributed by atoms with van der Waals surface area (Å²) in [6.07, 6.45) is 3.39. The molecule has 140 valence electrons. The van der Waals surface area contributed by atoms with E-state index in [2.05, 4.69) is 4.98 Å². The van der Waals surface area contributed by atoms with Crippen molar-refractivity contribution >= 4 is 16.6 Å². The van der Waals surface area contributed by atoms with Crippen LogP contribution in [0.5, 0.6) is 23.0 Å². The Balaban J connectivity index is 1.80. The van der Waals surface area contributed by atoms with E-state index in [9.17, 15) is 8.78 Å². The van der Waals surface area contributed by atoms with Crippen LogP contribution in [0.4, 0.5) is 14.5 Å². The Morgan fingerprint density at radius 3 is 2.37 bits per heavy atom. The minimum atomic E-state index is -0.882. The van der Waals surface area contributed by atoms with Gasteiger partial charge < -0.3 is 19.9 Å². The third-order valence-corrected chi connectivity index (χ3v) is 4.53. The number of rotatable bonds is 5. The van der Waals surface area contributed by atoms with Crippen molar-refractivity contribution in [2.75, 3.05) is 12.8 Å². The molecule has 0 bridgehead atoms. The molecule has 0 saturated heterocycles. The van der Waals surface area contributed by atoms with E-state index in [1.807, 2.05) is 6.92 Å². The zero-order valence-corrected chi connectivity index (χ0v) is 14.9. The molecule has 7 heteroatoms. The number of halogens is 2. The predicted molar refractivity (Wildman–Crippen MR) is 97.4 cm³/mol. The molecule has 0 aliphatic heterocycles. The molecule has 0 spiro atoms. The van der Waals surface area contributed by atoms with Crippen molar-refractivity contribution in [3.05, 3.63) is 48.2 Å². The van der Waals surface area contributed by atoms with Crippen molar-refractivity contribution in [1.82, 2.24) is 4.98 Å². The maximum atomic E-state index is 14.1. The highest BCUT2D eigenvalue weighted by molar-refractivity contribution is 5.88. The zero-order chi connectivity index (χ0) is 19.2. The van der Waals surface area contributed by atoms with Gasteiger partial charge in [0.2, 0.25) is 0 Å². The molecule has 0 radical (unpaired) electrons. The first-order chi connectivity index (χ1) is 12.9. The maximum absolute atomic E-state index is 14.1. The third-order valence-electron chi connectivity index (χ3n) is 4.53. The molecule has 0 unspecified atom stereocenters. The largest absolute Gasteiger partial charge is 0.493 e. The van der Waals surface area contributed by atoms with Crippen molar-refractivity contribution in [3.63, 3.8) is 0 Å². The molecule has 1 aliphatic rings. The number of nitrogens with zero attached hydrogens (tertiary/aromatic N) is 1. The summed E-state index contributed by atoms with van der Waals surface area (Å²) in [4.78, 5) is 4.28. The van der Waals surface area contributed by atoms with Gasteiger partial charge in [0, 0.05) is 35.5 Å². The summed E-state index contributed by atoms with van der Waals surface area (Å²) in [5, 5.41) is 0.549. The number of hydrogen-bond donors (Lipinski definition) is 1. The van der Waals surface area contributed by atoms with Crippen molar-refractivity contribution in [1.29, 1.82) is 0 Å². The number of anilines is 1. The van der Waals surface area contributed by atoms with Gasteiger partial charge in [-0.2, -0.15) is 0 Å². The summed E-state index contributed by atoms with van der Waals surface area (Å²) >= 11 is 0. The highest BCUT2D eigenvalue weighted by Gasteiger charge is 2.40. The van der Waals surface area contributed by atoms with Gasteiger partial charge in [0.15, 0.2) is 28.9 Å². The second-order valence-corrected chi connectivity index (χ2v) is 6.80. The van der Waals surface area contributed by atoms with Crippen LogP contribution >= 0.6 is 0 Å². The van der Waals surface area contributed by atoms with Gasteiger partial charge in [0.1, 0.15) is 11.4 Å². The lowest BCUT2D eigenvalue weighted by molar-refractivity contribution is 0.191. The van der Waals surface area contributed by atoms with Crippen LogP contribution < -0.4 is 19.9 Å². The number of pyridine rings is 1. The molecular weight excluding hydrogens is 354 g/mol. The van der Waals surface area contributed by atoms with E-state index in [0.29, 0.717) is 22.4 Å². The standard InChI is InChI=1S/C20H18F2N2O3/c1-20(4-5-20)27-18-9-12-15(10-17(18)25-2)24-6-3-16(12)26-19-13(21)7-11(23)8-14(19)22/h3,6-10H,4-5,23H2,1-2H3. The van der Waals surface area contributed by atoms with Crippen molar-refractivity contribution in [2.45, 2.75) is 25.4 Å². The lowest BCUT2D eigenvalue weighted by Crippen LogP contribution is -2.12. The minimum absolute atomic E-state index is 0.0185. The fourth-order valence-corrected chi connectivity index (χ4v) is 2.79. The fourth-order valence-electron chi connectivity index (χ4n) is 2.79. The zero-order valence-electron chi connectivity index (χ0n) is 14.9. The first kappa shape index (κ1) is 17.3. The van der Waals surface area contributed by atoms with E-state index >= 15 is 0 Å². The molecule has 3 aromatic rings. The summed E-state index contributed by atoms with van der Waals surface area (Å²) in [5.74, 6) is -0.979. The smallest absolute Gasteiger partial charge is 0.198 e. The second kappa shape index (κ2) is 6.26. The Morgan fingerprint density at radius 2 is 1.74 bits per heavy atom. The summed E-state index contributed by atoms with van der Waals surface area (Å²) in [5.41, 5.74) is 5.76. The van der Waals surface area contributed by atoms with Gasteiger partial charge in [-0.25, -0.2) is 8.78 Å². The molecule has 0 atom stereocenters. The molecule has 1 aliphatic carbocycles. The Kier molecular flexibility index (Phi) is 4.02. The monoisotopic (exact) mass is 372 g/mol. The number of aromatic nitrogens is 1. The Hall–Kier alpha value is -3.09. The topological polar surface area (TPSA) is 66.6 Å². The molecule has 27 heavy (non-hydrogen) atoms. The lowest BCUT2D eigenvalue weighted by atomic mass is 10.1. The summed E-state index contributed by atoms with van der Waals surface area (Å²) < 4.78 is 45.2. The highest BCUT2D eigenvalue weighted by atomic mass is 19.1. The summed E-state index contributed by atoms with van der Waals surface area (Å²) in [6, 6.07) is 6.97. The van der Waals surface area contributed by atoms with Gasteiger partial charge in [0.05, 0.1) is 12.6 Å². The fraction of sp³-hybridized carbons (Fsp3) is 0.250. The molecule has 2 aromatic carbocycles. The minimum Gasteiger partial charge on any atom is -0.493 e. The Labute approximate surface area is 154 Å². The molecule has 2 N–H and O–H groups in total. The molecule has 5 nitrogen and oxygen atoms in total. The normalized spacial score (nSPS) is 14.8. The van der Waals surface area contributed by atoms with Gasteiger partial charge >= 0.3 is 0 Å². The Bertz CT molecular complexity index is 1010. The van der Waals surface area contributed by atoms with Gasteiger partial charge in [-0.15, -0.1) is 0 Å². The highest BCUT2D eigenvalue weighted by Crippen LogP contribution is 2.45. The van der Waals surface area contributed by atoms with Crippen LogP contribution in [0.25, 0.3) is 10.9 Å². The van der Waals surface area contributed by atoms with Crippen LogP contribution in [0.1, 0.15) is 19.8 Å². The van der Waals surface area contributed by atoms with E-state index in [-0.39, 0.29) is 17.0 Å². The van der Waals surface area contributed by atoms with E-state index in [4.69, 9.17) is 19.9 Å². The number of nitrogens with two attached hydrogens (primary N) is 1. The molecule has 1 fully saturated rings. The van der Waals surface area contributed by atoms with Crippen LogP contribution in [-0.4, -0.2) is 17.7 Å². The quantitative estimate of drug-likeness (QED) is 0.650. The SMILES string of the molecule is COc1cc2nccc(Oc3c(F)cc(N)cc3F)c2cc1OC1(C)CC1.